The topological polar surface area (TPSA) is 29.9 Å². The Kier molecular flexibility index (Phi) is 5.26. The highest BCUT2D eigenvalue weighted by atomic mass is 15.3. The number of allylic oxidation sites excluding steroid dienone is 1. The molecule has 0 aliphatic heterocycles. The number of rotatable bonds is 7. The van der Waals surface area contributed by atoms with E-state index in [0.29, 0.717) is 0 Å². The van der Waals surface area contributed by atoms with Crippen molar-refractivity contribution in [1.29, 1.82) is 0 Å². The van der Waals surface area contributed by atoms with Crippen LogP contribution in [0.15, 0.2) is 18.3 Å². The van der Waals surface area contributed by atoms with Crippen molar-refractivity contribution in [3.63, 3.8) is 0 Å². The molecule has 0 fully saturated rings. The number of aromatic nitrogens is 2. The molecule has 0 aliphatic rings. The maximum Gasteiger partial charge on any atom is 0.0537 e. The molecule has 1 rings (SSSR count). The Morgan fingerprint density at radius 2 is 2.31 bits per heavy atom. The average Bonchev–Trinajstić information content (AvgIpc) is 2.58. The van der Waals surface area contributed by atoms with Crippen molar-refractivity contribution in [1.82, 2.24) is 15.1 Å². The first-order valence-corrected chi connectivity index (χ1v) is 6.01. The second-order valence-electron chi connectivity index (χ2n) is 4.36. The van der Waals surface area contributed by atoms with Gasteiger partial charge in [-0.15, -0.1) is 6.58 Å². The molecule has 0 radical (unpaired) electrons. The van der Waals surface area contributed by atoms with E-state index in [1.165, 1.54) is 23.3 Å². The Morgan fingerprint density at radius 1 is 1.56 bits per heavy atom. The van der Waals surface area contributed by atoms with Crippen LogP contribution < -0.4 is 5.32 Å². The molecule has 1 N–H and O–H groups in total. The maximum atomic E-state index is 4.40. The van der Waals surface area contributed by atoms with Crippen LogP contribution in [0.3, 0.4) is 0 Å². The molecule has 90 valence electrons. The molecule has 0 unspecified atom stereocenters. The number of hydrogen-bond acceptors (Lipinski definition) is 2. The molecule has 0 saturated heterocycles. The summed E-state index contributed by atoms with van der Waals surface area (Å²) in [6.07, 6.45) is 4.14. The lowest BCUT2D eigenvalue weighted by Gasteiger charge is -2.06. The number of aryl methyl sites for hydroxylation is 1. The first-order chi connectivity index (χ1) is 7.65. The van der Waals surface area contributed by atoms with Crippen LogP contribution in [-0.2, 0) is 13.1 Å². The third kappa shape index (κ3) is 3.81. The second kappa shape index (κ2) is 6.48. The van der Waals surface area contributed by atoms with Gasteiger partial charge in [0.25, 0.3) is 0 Å². The van der Waals surface area contributed by atoms with Gasteiger partial charge in [0.2, 0.25) is 0 Å². The van der Waals surface area contributed by atoms with E-state index in [1.54, 1.807) is 0 Å². The fourth-order valence-electron chi connectivity index (χ4n) is 1.58. The fourth-order valence-corrected chi connectivity index (χ4v) is 1.58. The van der Waals surface area contributed by atoms with E-state index in [9.17, 15) is 0 Å². The fraction of sp³-hybridized carbons (Fsp3) is 0.615. The van der Waals surface area contributed by atoms with E-state index >= 15 is 0 Å². The van der Waals surface area contributed by atoms with E-state index in [2.05, 4.69) is 42.4 Å². The van der Waals surface area contributed by atoms with Crippen molar-refractivity contribution in [3.05, 3.63) is 29.6 Å². The zero-order valence-electron chi connectivity index (χ0n) is 10.7. The largest absolute Gasteiger partial charge is 0.313 e. The predicted molar refractivity (Wildman–Crippen MR) is 68.4 cm³/mol. The van der Waals surface area contributed by atoms with Crippen molar-refractivity contribution in [3.8, 4) is 0 Å². The van der Waals surface area contributed by atoms with E-state index in [1.807, 2.05) is 6.20 Å². The van der Waals surface area contributed by atoms with Gasteiger partial charge in [-0.1, -0.05) is 12.5 Å². The standard InChI is InChI=1S/C13H23N3/c1-5-7-14-9-13-10-15-16(12(13)4)8-6-11(2)3/h10,14H,2,5-9H2,1,3-4H3. The highest BCUT2D eigenvalue weighted by molar-refractivity contribution is 5.15. The molecule has 3 heteroatoms. The van der Waals surface area contributed by atoms with Crippen molar-refractivity contribution in [2.24, 2.45) is 0 Å². The SMILES string of the molecule is C=C(C)CCn1ncc(CNCCC)c1C. The minimum Gasteiger partial charge on any atom is -0.313 e. The molecule has 0 aromatic carbocycles. The van der Waals surface area contributed by atoms with Crippen LogP contribution in [0.4, 0.5) is 0 Å². The van der Waals surface area contributed by atoms with E-state index in [-0.39, 0.29) is 0 Å². The summed E-state index contributed by atoms with van der Waals surface area (Å²) in [4.78, 5) is 0. The van der Waals surface area contributed by atoms with Crippen molar-refractivity contribution in [2.45, 2.75) is 46.7 Å². The van der Waals surface area contributed by atoms with E-state index in [0.717, 1.165) is 26.1 Å². The second-order valence-corrected chi connectivity index (χ2v) is 4.36. The van der Waals surface area contributed by atoms with Crippen LogP contribution in [0.2, 0.25) is 0 Å². The first kappa shape index (κ1) is 13.0. The van der Waals surface area contributed by atoms with Gasteiger partial charge in [0.05, 0.1) is 6.20 Å². The molecule has 0 amide bonds. The Bertz CT molecular complexity index is 339. The zero-order chi connectivity index (χ0) is 12.0. The van der Waals surface area contributed by atoms with Gasteiger partial charge >= 0.3 is 0 Å². The Morgan fingerprint density at radius 3 is 2.94 bits per heavy atom. The van der Waals surface area contributed by atoms with Crippen molar-refractivity contribution >= 4 is 0 Å². The number of nitrogens with one attached hydrogen (secondary N) is 1. The first-order valence-electron chi connectivity index (χ1n) is 6.01. The van der Waals surface area contributed by atoms with Gasteiger partial charge in [0.15, 0.2) is 0 Å². The van der Waals surface area contributed by atoms with Crippen LogP contribution in [0.25, 0.3) is 0 Å². The zero-order valence-corrected chi connectivity index (χ0v) is 10.7. The molecule has 0 spiro atoms. The highest BCUT2D eigenvalue weighted by Crippen LogP contribution is 2.09. The van der Waals surface area contributed by atoms with Crippen molar-refractivity contribution < 1.29 is 0 Å². The molecule has 16 heavy (non-hydrogen) atoms. The molecular weight excluding hydrogens is 198 g/mol. The third-order valence-electron chi connectivity index (χ3n) is 2.70. The van der Waals surface area contributed by atoms with Gasteiger partial charge in [0.1, 0.15) is 0 Å². The van der Waals surface area contributed by atoms with Crippen LogP contribution >= 0.6 is 0 Å². The molecule has 1 heterocycles. The monoisotopic (exact) mass is 221 g/mol. The Hall–Kier alpha value is -1.09. The molecule has 3 nitrogen and oxygen atoms in total. The normalized spacial score (nSPS) is 10.7. The van der Waals surface area contributed by atoms with E-state index < -0.39 is 0 Å². The average molecular weight is 221 g/mol. The number of nitrogens with zero attached hydrogens (tertiary/aromatic N) is 2. The van der Waals surface area contributed by atoms with E-state index in [4.69, 9.17) is 0 Å². The molecule has 0 saturated carbocycles. The van der Waals surface area contributed by atoms with Crippen molar-refractivity contribution in [2.75, 3.05) is 6.54 Å². The Balaban J connectivity index is 2.51. The van der Waals surface area contributed by atoms with Gasteiger partial charge < -0.3 is 5.32 Å². The summed E-state index contributed by atoms with van der Waals surface area (Å²) in [6, 6.07) is 0. The van der Waals surface area contributed by atoms with Crippen LogP contribution in [0.5, 0.6) is 0 Å². The summed E-state index contributed by atoms with van der Waals surface area (Å²) in [7, 11) is 0. The molecule has 1 aromatic rings. The molecule has 0 bridgehead atoms. The summed E-state index contributed by atoms with van der Waals surface area (Å²) >= 11 is 0. The molecule has 0 aliphatic carbocycles. The van der Waals surface area contributed by atoms with Crippen LogP contribution in [0, 0.1) is 6.92 Å². The lowest BCUT2D eigenvalue weighted by Crippen LogP contribution is -2.14. The summed E-state index contributed by atoms with van der Waals surface area (Å²) in [6.45, 7) is 13.2. The molecule has 1 aromatic heterocycles. The van der Waals surface area contributed by atoms with Gasteiger partial charge in [-0.05, 0) is 33.2 Å². The highest BCUT2D eigenvalue weighted by Gasteiger charge is 2.05. The summed E-state index contributed by atoms with van der Waals surface area (Å²) < 4.78 is 2.07. The predicted octanol–water partition coefficient (Wildman–Crippen LogP) is 2.66. The molecule has 0 atom stereocenters. The lowest BCUT2D eigenvalue weighted by molar-refractivity contribution is 0.593. The summed E-state index contributed by atoms with van der Waals surface area (Å²) in [5, 5.41) is 7.80. The van der Waals surface area contributed by atoms with Crippen LogP contribution in [-0.4, -0.2) is 16.3 Å². The summed E-state index contributed by atoms with van der Waals surface area (Å²) in [5.74, 6) is 0. The quantitative estimate of drug-likeness (QED) is 0.566. The minimum atomic E-state index is 0.923. The third-order valence-corrected chi connectivity index (χ3v) is 2.70. The lowest BCUT2D eigenvalue weighted by atomic mass is 10.2. The number of hydrogen-bond donors (Lipinski definition) is 1. The van der Waals surface area contributed by atoms with Gasteiger partial charge in [0, 0.05) is 24.3 Å². The van der Waals surface area contributed by atoms with Gasteiger partial charge in [-0.25, -0.2) is 0 Å². The smallest absolute Gasteiger partial charge is 0.0537 e. The maximum absolute atomic E-state index is 4.40. The van der Waals surface area contributed by atoms with Gasteiger partial charge in [-0.3, -0.25) is 4.68 Å². The minimum absolute atomic E-state index is 0.923. The van der Waals surface area contributed by atoms with Crippen LogP contribution in [0.1, 0.15) is 37.9 Å². The Labute approximate surface area is 98.5 Å². The molecular formula is C13H23N3. The summed E-state index contributed by atoms with van der Waals surface area (Å²) in [5.41, 5.74) is 3.78. The van der Waals surface area contributed by atoms with Gasteiger partial charge in [-0.2, -0.15) is 5.10 Å².